The number of hydrogen-bond acceptors (Lipinski definition) is 6. The first kappa shape index (κ1) is 17.7. The molecule has 3 heterocycles. The number of carbonyl (C=O) groups is 1. The summed E-state index contributed by atoms with van der Waals surface area (Å²) in [5, 5.41) is 14.4. The van der Waals surface area contributed by atoms with Crippen molar-refractivity contribution >= 4 is 27.9 Å². The number of benzene rings is 1. The number of aromatic hydroxyl groups is 1. The predicted octanol–water partition coefficient (Wildman–Crippen LogP) is 2.31. The lowest BCUT2D eigenvalue weighted by molar-refractivity contribution is -0.121. The molecule has 1 amide bonds. The first-order valence-electron chi connectivity index (χ1n) is 8.87. The molecule has 27 heavy (non-hydrogen) atoms. The topological polar surface area (TPSA) is 86.9 Å². The average molecular weight is 384 g/mol. The Hall–Kier alpha value is -2.71. The molecular weight excluding hydrogens is 364 g/mol. The largest absolute Gasteiger partial charge is 0.506 e. The lowest BCUT2D eigenvalue weighted by Gasteiger charge is -2.31. The number of piperidine rings is 1. The van der Waals surface area contributed by atoms with E-state index < -0.39 is 0 Å². The number of phenolic OH excluding ortho intramolecular Hbond substituents is 1. The molecule has 0 spiro atoms. The number of anilines is 1. The summed E-state index contributed by atoms with van der Waals surface area (Å²) in [7, 11) is 0. The van der Waals surface area contributed by atoms with Crippen LogP contribution in [0, 0.1) is 5.92 Å². The summed E-state index contributed by atoms with van der Waals surface area (Å²) < 4.78 is 1.55. The van der Waals surface area contributed by atoms with Crippen LogP contribution in [0.15, 0.2) is 46.7 Å². The van der Waals surface area contributed by atoms with Gasteiger partial charge in [-0.25, -0.2) is 4.98 Å². The Morgan fingerprint density at radius 1 is 1.30 bits per heavy atom. The van der Waals surface area contributed by atoms with Crippen LogP contribution < -0.4 is 10.9 Å². The molecule has 0 radical (unpaired) electrons. The molecule has 140 valence electrons. The van der Waals surface area contributed by atoms with Crippen molar-refractivity contribution in [1.29, 1.82) is 0 Å². The molecular formula is C19H20N4O3S. The Morgan fingerprint density at radius 3 is 2.85 bits per heavy atom. The number of phenols is 1. The molecule has 0 unspecified atom stereocenters. The maximum absolute atomic E-state index is 12.5. The minimum Gasteiger partial charge on any atom is -0.506 e. The normalized spacial score (nSPS) is 15.9. The summed E-state index contributed by atoms with van der Waals surface area (Å²) in [6, 6.07) is 8.32. The Morgan fingerprint density at radius 2 is 2.07 bits per heavy atom. The highest BCUT2D eigenvalue weighted by atomic mass is 32.1. The van der Waals surface area contributed by atoms with E-state index in [4.69, 9.17) is 0 Å². The Kier molecular flexibility index (Phi) is 4.91. The summed E-state index contributed by atoms with van der Waals surface area (Å²) in [5.41, 5.74) is 1.14. The monoisotopic (exact) mass is 384 g/mol. The van der Waals surface area contributed by atoms with Gasteiger partial charge in [0.15, 0.2) is 4.96 Å². The molecule has 1 aromatic carbocycles. The highest BCUT2D eigenvalue weighted by molar-refractivity contribution is 7.15. The van der Waals surface area contributed by atoms with Crippen LogP contribution in [0.3, 0.4) is 0 Å². The zero-order chi connectivity index (χ0) is 18.8. The number of fused-ring (bicyclic) bond motifs is 1. The molecule has 0 atom stereocenters. The van der Waals surface area contributed by atoms with E-state index in [1.54, 1.807) is 40.9 Å². The molecule has 2 N–H and O–H groups in total. The molecule has 0 aliphatic carbocycles. The van der Waals surface area contributed by atoms with Crippen LogP contribution in [-0.2, 0) is 11.3 Å². The second-order valence-corrected chi connectivity index (χ2v) is 7.57. The van der Waals surface area contributed by atoms with Crippen molar-refractivity contribution in [3.63, 3.8) is 0 Å². The molecule has 1 aliphatic heterocycles. The second kappa shape index (κ2) is 7.50. The fourth-order valence-corrected chi connectivity index (χ4v) is 4.10. The number of rotatable bonds is 4. The Balaban J connectivity index is 1.35. The van der Waals surface area contributed by atoms with Gasteiger partial charge in [0.2, 0.25) is 5.91 Å². The molecule has 7 nitrogen and oxygen atoms in total. The van der Waals surface area contributed by atoms with Gasteiger partial charge >= 0.3 is 0 Å². The van der Waals surface area contributed by atoms with Gasteiger partial charge in [-0.1, -0.05) is 12.1 Å². The Labute approximate surface area is 159 Å². The van der Waals surface area contributed by atoms with Gasteiger partial charge in [-0.3, -0.25) is 18.9 Å². The highest BCUT2D eigenvalue weighted by Crippen LogP contribution is 2.25. The van der Waals surface area contributed by atoms with Gasteiger partial charge in [0.1, 0.15) is 5.75 Å². The van der Waals surface area contributed by atoms with Crippen molar-refractivity contribution in [1.82, 2.24) is 14.3 Å². The summed E-state index contributed by atoms with van der Waals surface area (Å²) in [6.07, 6.45) is 3.20. The molecule has 0 bridgehead atoms. The number of nitrogens with zero attached hydrogens (tertiary/aromatic N) is 3. The maximum Gasteiger partial charge on any atom is 0.258 e. The number of para-hydroxylation sites is 2. The van der Waals surface area contributed by atoms with Gasteiger partial charge in [-0.2, -0.15) is 0 Å². The molecule has 3 aromatic rings. The lowest BCUT2D eigenvalue weighted by atomic mass is 9.95. The van der Waals surface area contributed by atoms with E-state index in [1.165, 1.54) is 11.3 Å². The summed E-state index contributed by atoms with van der Waals surface area (Å²) >= 11 is 1.44. The van der Waals surface area contributed by atoms with Crippen molar-refractivity contribution in [3.05, 3.63) is 58.0 Å². The fourth-order valence-electron chi connectivity index (χ4n) is 3.37. The Bertz CT molecular complexity index is 1020. The van der Waals surface area contributed by atoms with Crippen LogP contribution in [0.25, 0.3) is 4.96 Å². The summed E-state index contributed by atoms with van der Waals surface area (Å²) in [6.45, 7) is 2.14. The van der Waals surface area contributed by atoms with Crippen molar-refractivity contribution in [3.8, 4) is 5.75 Å². The highest BCUT2D eigenvalue weighted by Gasteiger charge is 2.25. The van der Waals surface area contributed by atoms with Crippen molar-refractivity contribution in [2.24, 2.45) is 5.92 Å². The van der Waals surface area contributed by atoms with E-state index in [0.717, 1.165) is 31.6 Å². The summed E-state index contributed by atoms with van der Waals surface area (Å²) in [4.78, 5) is 32.0. The smallest absolute Gasteiger partial charge is 0.258 e. The van der Waals surface area contributed by atoms with Crippen molar-refractivity contribution < 1.29 is 9.90 Å². The van der Waals surface area contributed by atoms with Gasteiger partial charge in [0.05, 0.1) is 11.4 Å². The first-order valence-corrected chi connectivity index (χ1v) is 9.75. The van der Waals surface area contributed by atoms with Crippen molar-refractivity contribution in [2.45, 2.75) is 19.4 Å². The van der Waals surface area contributed by atoms with E-state index in [0.29, 0.717) is 17.2 Å². The predicted molar refractivity (Wildman–Crippen MR) is 104 cm³/mol. The molecule has 2 aromatic heterocycles. The number of likely N-dealkylation sites (tertiary alicyclic amines) is 1. The SMILES string of the molecule is O=C(Nc1ccccc1O)C1CCN(Cc2cc(=O)n3ccsc3n2)CC1. The third kappa shape index (κ3) is 3.86. The minimum absolute atomic E-state index is 0.0619. The number of nitrogens with one attached hydrogen (secondary N) is 1. The number of thiazole rings is 1. The number of amides is 1. The van der Waals surface area contributed by atoms with E-state index >= 15 is 0 Å². The van der Waals surface area contributed by atoms with Gasteiger partial charge in [-0.15, -0.1) is 11.3 Å². The lowest BCUT2D eigenvalue weighted by Crippen LogP contribution is -2.38. The van der Waals surface area contributed by atoms with Crippen LogP contribution in [0.5, 0.6) is 5.75 Å². The van der Waals surface area contributed by atoms with E-state index in [1.807, 2.05) is 5.38 Å². The second-order valence-electron chi connectivity index (χ2n) is 6.70. The quantitative estimate of drug-likeness (QED) is 0.674. The first-order chi connectivity index (χ1) is 13.1. The van der Waals surface area contributed by atoms with Crippen LogP contribution in [0.4, 0.5) is 5.69 Å². The maximum atomic E-state index is 12.5. The van der Waals surface area contributed by atoms with E-state index in [-0.39, 0.29) is 23.1 Å². The van der Waals surface area contributed by atoms with Gasteiger partial charge in [0.25, 0.3) is 5.56 Å². The van der Waals surface area contributed by atoms with Crippen LogP contribution >= 0.6 is 11.3 Å². The molecule has 1 saturated heterocycles. The number of hydrogen-bond donors (Lipinski definition) is 2. The van der Waals surface area contributed by atoms with E-state index in [2.05, 4.69) is 15.2 Å². The van der Waals surface area contributed by atoms with Gasteiger partial charge in [-0.05, 0) is 38.1 Å². The van der Waals surface area contributed by atoms with Gasteiger partial charge < -0.3 is 10.4 Å². The molecule has 4 rings (SSSR count). The third-order valence-corrected chi connectivity index (χ3v) is 5.62. The van der Waals surface area contributed by atoms with Crippen molar-refractivity contribution in [2.75, 3.05) is 18.4 Å². The fraction of sp³-hybridized carbons (Fsp3) is 0.316. The summed E-state index contributed by atoms with van der Waals surface area (Å²) in [5.74, 6) is -0.0728. The molecule has 0 saturated carbocycles. The standard InChI is InChI=1S/C19H20N4O3S/c24-16-4-2-1-3-15(16)21-18(26)13-5-7-22(8-6-13)12-14-11-17(25)23-9-10-27-19(23)20-14/h1-4,9-11,13,24H,5-8,12H2,(H,21,26). The van der Waals surface area contributed by atoms with Crippen LogP contribution in [-0.4, -0.2) is 38.4 Å². The molecule has 1 aliphatic rings. The average Bonchev–Trinajstić information content (AvgIpc) is 3.13. The third-order valence-electron chi connectivity index (χ3n) is 4.86. The number of aromatic nitrogens is 2. The minimum atomic E-state index is -0.0841. The zero-order valence-corrected chi connectivity index (χ0v) is 15.5. The van der Waals surface area contributed by atoms with Crippen LogP contribution in [0.1, 0.15) is 18.5 Å². The molecule has 8 heteroatoms. The molecule has 1 fully saturated rings. The number of carbonyl (C=O) groups excluding carboxylic acids is 1. The van der Waals surface area contributed by atoms with E-state index in [9.17, 15) is 14.7 Å². The zero-order valence-electron chi connectivity index (χ0n) is 14.7. The van der Waals surface area contributed by atoms with Gasteiger partial charge in [0, 0.05) is 30.1 Å². The van der Waals surface area contributed by atoms with Crippen LogP contribution in [0.2, 0.25) is 0 Å².